The van der Waals surface area contributed by atoms with Gasteiger partial charge in [0.2, 0.25) is 0 Å². The van der Waals surface area contributed by atoms with Gasteiger partial charge in [0, 0.05) is 18.9 Å². The Hall–Kier alpha value is -0.830. The minimum Gasteiger partial charge on any atom is -0.469 e. The third kappa shape index (κ3) is 1.37. The molecular formula is C10H14O3. The molecule has 0 spiro atoms. The van der Waals surface area contributed by atoms with Crippen LogP contribution in [0.4, 0.5) is 0 Å². The molecule has 0 aromatic rings. The summed E-state index contributed by atoms with van der Waals surface area (Å²) in [5, 5.41) is 9.00. The van der Waals surface area contributed by atoms with Crippen LogP contribution in [-0.2, 0) is 9.53 Å². The van der Waals surface area contributed by atoms with Crippen molar-refractivity contribution in [3.05, 3.63) is 12.2 Å². The first-order valence-corrected chi connectivity index (χ1v) is 4.64. The van der Waals surface area contributed by atoms with Crippen molar-refractivity contribution in [2.75, 3.05) is 13.7 Å². The molecule has 3 heteroatoms. The molecule has 0 radical (unpaired) electrons. The van der Waals surface area contributed by atoms with Crippen LogP contribution in [0.25, 0.3) is 0 Å². The molecule has 1 N–H and O–H groups in total. The van der Waals surface area contributed by atoms with Gasteiger partial charge in [-0.3, -0.25) is 4.79 Å². The fraction of sp³-hybridized carbons (Fsp3) is 0.700. The van der Waals surface area contributed by atoms with Crippen molar-refractivity contribution in [2.24, 2.45) is 23.7 Å². The van der Waals surface area contributed by atoms with Crippen molar-refractivity contribution >= 4 is 5.97 Å². The Morgan fingerprint density at radius 2 is 2.31 bits per heavy atom. The Balaban J connectivity index is 1.88. The number of aliphatic hydroxyl groups is 1. The number of ether oxygens (including phenoxy) is 1. The molecule has 4 atom stereocenters. The van der Waals surface area contributed by atoms with Gasteiger partial charge in [-0.15, -0.1) is 0 Å². The second kappa shape index (κ2) is 3.14. The van der Waals surface area contributed by atoms with Gasteiger partial charge in [0.05, 0.1) is 7.11 Å². The van der Waals surface area contributed by atoms with Crippen LogP contribution in [-0.4, -0.2) is 24.8 Å². The van der Waals surface area contributed by atoms with E-state index >= 15 is 0 Å². The Bertz CT molecular complexity index is 247. The standard InChI is InChI=1S/C10H14O3/c1-13-9(12)4-8-7-3-2-6(5-11)10(7)8/h2-3,6-8,10-11H,4-5H2,1H3/t6-,7+,8+,10+/m0/s1. The van der Waals surface area contributed by atoms with E-state index in [1.54, 1.807) is 0 Å². The Morgan fingerprint density at radius 1 is 1.54 bits per heavy atom. The molecule has 0 unspecified atom stereocenters. The normalized spacial score (nSPS) is 40.2. The van der Waals surface area contributed by atoms with Crippen LogP contribution in [0, 0.1) is 23.7 Å². The highest BCUT2D eigenvalue weighted by Gasteiger charge is 2.55. The lowest BCUT2D eigenvalue weighted by Gasteiger charge is -2.06. The summed E-state index contributed by atoms with van der Waals surface area (Å²) < 4.78 is 4.61. The zero-order chi connectivity index (χ0) is 9.42. The number of allylic oxidation sites excluding steroid dienone is 1. The number of hydrogen-bond acceptors (Lipinski definition) is 3. The summed E-state index contributed by atoms with van der Waals surface area (Å²) >= 11 is 0. The highest BCUT2D eigenvalue weighted by atomic mass is 16.5. The highest BCUT2D eigenvalue weighted by molar-refractivity contribution is 5.70. The molecule has 0 bridgehead atoms. The van der Waals surface area contributed by atoms with Crippen LogP contribution < -0.4 is 0 Å². The van der Waals surface area contributed by atoms with Crippen LogP contribution in [0.3, 0.4) is 0 Å². The van der Waals surface area contributed by atoms with Crippen molar-refractivity contribution in [2.45, 2.75) is 6.42 Å². The van der Waals surface area contributed by atoms with Crippen LogP contribution in [0.2, 0.25) is 0 Å². The molecule has 2 aliphatic rings. The van der Waals surface area contributed by atoms with E-state index < -0.39 is 0 Å². The van der Waals surface area contributed by atoms with Gasteiger partial charge in [-0.25, -0.2) is 0 Å². The zero-order valence-electron chi connectivity index (χ0n) is 7.64. The van der Waals surface area contributed by atoms with E-state index in [0.29, 0.717) is 24.2 Å². The summed E-state index contributed by atoms with van der Waals surface area (Å²) in [5.41, 5.74) is 0. The van der Waals surface area contributed by atoms with Crippen LogP contribution >= 0.6 is 0 Å². The summed E-state index contributed by atoms with van der Waals surface area (Å²) in [6.07, 6.45) is 4.69. The second-order valence-corrected chi connectivity index (χ2v) is 3.83. The molecule has 3 nitrogen and oxygen atoms in total. The maximum Gasteiger partial charge on any atom is 0.305 e. The molecule has 2 rings (SSSR count). The molecule has 0 saturated heterocycles. The fourth-order valence-corrected chi connectivity index (χ4v) is 2.43. The summed E-state index contributed by atoms with van der Waals surface area (Å²) in [5.74, 6) is 1.60. The average molecular weight is 182 g/mol. The number of aliphatic hydroxyl groups excluding tert-OH is 1. The van der Waals surface area contributed by atoms with E-state index in [-0.39, 0.29) is 18.5 Å². The maximum atomic E-state index is 11.0. The zero-order valence-corrected chi connectivity index (χ0v) is 7.64. The van der Waals surface area contributed by atoms with Crippen LogP contribution in [0.15, 0.2) is 12.2 Å². The number of methoxy groups -OCH3 is 1. The van der Waals surface area contributed by atoms with Gasteiger partial charge < -0.3 is 9.84 Å². The van der Waals surface area contributed by atoms with Crippen molar-refractivity contribution in [1.82, 2.24) is 0 Å². The SMILES string of the molecule is COC(=O)C[C@@H]1[C@H]2C=C[C@@H](CO)[C@H]21. The van der Waals surface area contributed by atoms with Crippen molar-refractivity contribution < 1.29 is 14.6 Å². The van der Waals surface area contributed by atoms with Gasteiger partial charge in [0.15, 0.2) is 0 Å². The maximum absolute atomic E-state index is 11.0. The predicted octanol–water partition coefficient (Wildman–Crippen LogP) is 0.590. The average Bonchev–Trinajstić information content (AvgIpc) is 2.63. The van der Waals surface area contributed by atoms with Gasteiger partial charge in [0.1, 0.15) is 0 Å². The largest absolute Gasteiger partial charge is 0.469 e. The van der Waals surface area contributed by atoms with Gasteiger partial charge in [-0.1, -0.05) is 12.2 Å². The van der Waals surface area contributed by atoms with Crippen molar-refractivity contribution in [1.29, 1.82) is 0 Å². The molecule has 0 heterocycles. The number of rotatable bonds is 3. The van der Waals surface area contributed by atoms with Gasteiger partial charge >= 0.3 is 5.97 Å². The molecule has 0 aromatic heterocycles. The summed E-state index contributed by atoms with van der Waals surface area (Å²) in [6.45, 7) is 0.204. The molecule has 13 heavy (non-hydrogen) atoms. The molecule has 2 aliphatic carbocycles. The number of esters is 1. The van der Waals surface area contributed by atoms with Crippen LogP contribution in [0.5, 0.6) is 0 Å². The van der Waals surface area contributed by atoms with Crippen molar-refractivity contribution in [3.63, 3.8) is 0 Å². The number of carbonyl (C=O) groups is 1. The van der Waals surface area contributed by atoms with E-state index in [4.69, 9.17) is 5.11 Å². The number of fused-ring (bicyclic) bond motifs is 1. The Morgan fingerprint density at radius 3 is 2.92 bits per heavy atom. The van der Waals surface area contributed by atoms with Crippen molar-refractivity contribution in [3.8, 4) is 0 Å². The Labute approximate surface area is 77.4 Å². The fourth-order valence-electron chi connectivity index (χ4n) is 2.43. The second-order valence-electron chi connectivity index (χ2n) is 3.83. The first-order chi connectivity index (χ1) is 6.27. The quantitative estimate of drug-likeness (QED) is 0.513. The molecule has 1 fully saturated rings. The topological polar surface area (TPSA) is 46.5 Å². The van der Waals surface area contributed by atoms with Gasteiger partial charge in [-0.05, 0) is 17.8 Å². The van der Waals surface area contributed by atoms with Gasteiger partial charge in [-0.2, -0.15) is 0 Å². The molecular weight excluding hydrogens is 168 g/mol. The molecule has 0 aromatic carbocycles. The first kappa shape index (κ1) is 8.75. The third-order valence-corrected chi connectivity index (χ3v) is 3.21. The molecule has 0 amide bonds. The summed E-state index contributed by atoms with van der Waals surface area (Å²) in [6, 6.07) is 0. The summed E-state index contributed by atoms with van der Waals surface area (Å²) in [4.78, 5) is 11.0. The minimum atomic E-state index is -0.135. The summed E-state index contributed by atoms with van der Waals surface area (Å²) in [7, 11) is 1.42. The van der Waals surface area contributed by atoms with Gasteiger partial charge in [0.25, 0.3) is 0 Å². The number of carbonyl (C=O) groups excluding carboxylic acids is 1. The lowest BCUT2D eigenvalue weighted by molar-refractivity contribution is -0.141. The highest BCUT2D eigenvalue weighted by Crippen LogP contribution is 2.58. The van der Waals surface area contributed by atoms with E-state index in [9.17, 15) is 4.79 Å². The Kier molecular flexibility index (Phi) is 2.12. The molecule has 1 saturated carbocycles. The van der Waals surface area contributed by atoms with E-state index in [1.807, 2.05) is 0 Å². The third-order valence-electron chi connectivity index (χ3n) is 3.21. The van der Waals surface area contributed by atoms with E-state index in [0.717, 1.165) is 0 Å². The first-order valence-electron chi connectivity index (χ1n) is 4.64. The van der Waals surface area contributed by atoms with E-state index in [2.05, 4.69) is 16.9 Å². The minimum absolute atomic E-state index is 0.135. The monoisotopic (exact) mass is 182 g/mol. The predicted molar refractivity (Wildman–Crippen MR) is 46.8 cm³/mol. The lowest BCUT2D eigenvalue weighted by atomic mass is 10.0. The number of hydrogen-bond donors (Lipinski definition) is 1. The van der Waals surface area contributed by atoms with E-state index in [1.165, 1.54) is 7.11 Å². The lowest BCUT2D eigenvalue weighted by Crippen LogP contribution is -2.08. The molecule has 72 valence electrons. The van der Waals surface area contributed by atoms with Crippen LogP contribution in [0.1, 0.15) is 6.42 Å². The molecule has 0 aliphatic heterocycles. The smallest absolute Gasteiger partial charge is 0.305 e.